The minimum absolute atomic E-state index is 0.0656. The van der Waals surface area contributed by atoms with E-state index < -0.39 is 30.5 Å². The van der Waals surface area contributed by atoms with Gasteiger partial charge in [-0.1, -0.05) is 18.1 Å². The fourth-order valence-electron chi connectivity index (χ4n) is 2.46. The van der Waals surface area contributed by atoms with E-state index in [-0.39, 0.29) is 25.0 Å². The maximum Gasteiger partial charge on any atom is 0.302 e. The van der Waals surface area contributed by atoms with Gasteiger partial charge in [-0.25, -0.2) is 0 Å². The van der Waals surface area contributed by atoms with Crippen molar-refractivity contribution in [3.63, 3.8) is 0 Å². The molecule has 0 aromatic rings. The summed E-state index contributed by atoms with van der Waals surface area (Å²) in [5.41, 5.74) is 8.49. The Bertz CT molecular complexity index is 492. The highest BCUT2D eigenvalue weighted by molar-refractivity contribution is 5.73. The SMILES string of the molecule is C=CCO[C@@H]1OC(CN=[N+]=[N-])[C@@H](C)[C@H](OC(C)=O)C1NC(C)=O. The molecule has 5 atom stereocenters. The van der Waals surface area contributed by atoms with Gasteiger partial charge >= 0.3 is 5.97 Å². The Morgan fingerprint density at radius 2 is 2.17 bits per heavy atom. The molecular formula is C14H22N4O5. The predicted molar refractivity (Wildman–Crippen MR) is 81.1 cm³/mol. The highest BCUT2D eigenvalue weighted by Crippen LogP contribution is 2.29. The van der Waals surface area contributed by atoms with Crippen molar-refractivity contribution in [3.8, 4) is 0 Å². The van der Waals surface area contributed by atoms with Gasteiger partial charge in [-0.15, -0.1) is 6.58 Å². The number of ether oxygens (including phenoxy) is 3. The van der Waals surface area contributed by atoms with E-state index in [0.29, 0.717) is 0 Å². The Hall–Kier alpha value is -2.09. The van der Waals surface area contributed by atoms with Crippen LogP contribution in [0.3, 0.4) is 0 Å². The first-order chi connectivity index (χ1) is 10.9. The number of esters is 1. The molecule has 1 heterocycles. The molecule has 9 nitrogen and oxygen atoms in total. The first-order valence-electron chi connectivity index (χ1n) is 7.23. The molecular weight excluding hydrogens is 304 g/mol. The average Bonchev–Trinajstić information content (AvgIpc) is 2.48. The van der Waals surface area contributed by atoms with E-state index in [1.807, 2.05) is 0 Å². The zero-order valence-corrected chi connectivity index (χ0v) is 13.5. The summed E-state index contributed by atoms with van der Waals surface area (Å²) in [5, 5.41) is 6.21. The number of carbonyl (C=O) groups is 2. The number of nitrogens with one attached hydrogen (secondary N) is 1. The normalized spacial score (nSPS) is 30.0. The van der Waals surface area contributed by atoms with E-state index in [9.17, 15) is 9.59 Å². The van der Waals surface area contributed by atoms with Crippen LogP contribution < -0.4 is 5.32 Å². The van der Waals surface area contributed by atoms with Crippen LogP contribution in [0.25, 0.3) is 10.4 Å². The molecule has 1 aliphatic rings. The van der Waals surface area contributed by atoms with Crippen molar-refractivity contribution in [3.05, 3.63) is 23.1 Å². The predicted octanol–water partition coefficient (Wildman–Crippen LogP) is 1.30. The number of rotatable bonds is 7. The third-order valence-corrected chi connectivity index (χ3v) is 3.44. The van der Waals surface area contributed by atoms with Crippen molar-refractivity contribution < 1.29 is 23.8 Å². The fraction of sp³-hybridized carbons (Fsp3) is 0.714. The topological polar surface area (TPSA) is 123 Å². The van der Waals surface area contributed by atoms with E-state index in [2.05, 4.69) is 21.9 Å². The first kappa shape index (κ1) is 19.0. The summed E-state index contributed by atoms with van der Waals surface area (Å²) in [5.74, 6) is -1.09. The van der Waals surface area contributed by atoms with Crippen molar-refractivity contribution in [1.29, 1.82) is 0 Å². The number of nitrogens with zero attached hydrogens (tertiary/aromatic N) is 3. The van der Waals surface area contributed by atoms with Crippen LogP contribution in [0.5, 0.6) is 0 Å². The molecule has 128 valence electrons. The molecule has 0 saturated carbocycles. The minimum Gasteiger partial charge on any atom is -0.460 e. The molecule has 1 rings (SSSR count). The summed E-state index contributed by atoms with van der Waals surface area (Å²) in [6.07, 6.45) is -0.486. The van der Waals surface area contributed by atoms with Gasteiger partial charge in [0.15, 0.2) is 6.29 Å². The molecule has 0 aliphatic carbocycles. The Labute approximate surface area is 134 Å². The summed E-state index contributed by atoms with van der Waals surface area (Å²) < 4.78 is 16.7. The Balaban J connectivity index is 3.06. The molecule has 1 saturated heterocycles. The zero-order chi connectivity index (χ0) is 17.4. The lowest BCUT2D eigenvalue weighted by molar-refractivity contribution is -0.247. The Morgan fingerprint density at radius 3 is 2.70 bits per heavy atom. The second-order valence-electron chi connectivity index (χ2n) is 5.24. The number of hydrogen-bond acceptors (Lipinski definition) is 6. The van der Waals surface area contributed by atoms with E-state index in [1.165, 1.54) is 19.9 Å². The van der Waals surface area contributed by atoms with Gasteiger partial charge in [0, 0.05) is 24.7 Å². The van der Waals surface area contributed by atoms with Crippen LogP contribution in [0.1, 0.15) is 20.8 Å². The van der Waals surface area contributed by atoms with E-state index >= 15 is 0 Å². The molecule has 2 unspecified atom stereocenters. The van der Waals surface area contributed by atoms with E-state index in [1.54, 1.807) is 6.92 Å². The standard InChI is InChI=1S/C14H22N4O5/c1-5-6-21-14-12(17-9(3)19)13(22-10(4)20)8(2)11(23-14)7-16-18-15/h5,8,11-14H,1,6-7H2,2-4H3,(H,17,19)/t8-,11?,12?,13+,14-/m1/s1. The van der Waals surface area contributed by atoms with Crippen LogP contribution in [0, 0.1) is 5.92 Å². The maximum atomic E-state index is 11.5. The fourth-order valence-corrected chi connectivity index (χ4v) is 2.46. The average molecular weight is 326 g/mol. The largest absolute Gasteiger partial charge is 0.460 e. The number of azide groups is 1. The molecule has 1 N–H and O–H groups in total. The van der Waals surface area contributed by atoms with Gasteiger partial charge in [0.1, 0.15) is 12.1 Å². The second-order valence-corrected chi connectivity index (χ2v) is 5.24. The summed E-state index contributed by atoms with van der Waals surface area (Å²) in [6, 6.07) is -0.673. The number of hydrogen-bond donors (Lipinski definition) is 1. The Morgan fingerprint density at radius 1 is 1.48 bits per heavy atom. The van der Waals surface area contributed by atoms with Crippen molar-refractivity contribution in [2.24, 2.45) is 11.0 Å². The van der Waals surface area contributed by atoms with Crippen molar-refractivity contribution in [2.75, 3.05) is 13.2 Å². The van der Waals surface area contributed by atoms with Crippen molar-refractivity contribution in [1.82, 2.24) is 5.32 Å². The van der Waals surface area contributed by atoms with Gasteiger partial charge in [0.2, 0.25) is 5.91 Å². The Kier molecular flexibility index (Phi) is 7.53. The smallest absolute Gasteiger partial charge is 0.302 e. The number of amides is 1. The van der Waals surface area contributed by atoms with E-state index in [0.717, 1.165) is 0 Å². The van der Waals surface area contributed by atoms with Gasteiger partial charge in [-0.2, -0.15) is 0 Å². The zero-order valence-electron chi connectivity index (χ0n) is 13.5. The summed E-state index contributed by atoms with van der Waals surface area (Å²) in [6.45, 7) is 8.25. The highest BCUT2D eigenvalue weighted by atomic mass is 16.7. The summed E-state index contributed by atoms with van der Waals surface area (Å²) in [4.78, 5) is 25.6. The lowest BCUT2D eigenvalue weighted by Crippen LogP contribution is -2.62. The van der Waals surface area contributed by atoms with Crippen LogP contribution >= 0.6 is 0 Å². The molecule has 0 aromatic carbocycles. The van der Waals surface area contributed by atoms with Gasteiger partial charge in [-0.05, 0) is 5.53 Å². The molecule has 23 heavy (non-hydrogen) atoms. The summed E-state index contributed by atoms with van der Waals surface area (Å²) >= 11 is 0. The lowest BCUT2D eigenvalue weighted by atomic mass is 9.88. The van der Waals surface area contributed by atoms with E-state index in [4.69, 9.17) is 19.7 Å². The first-order valence-corrected chi connectivity index (χ1v) is 7.23. The third-order valence-electron chi connectivity index (χ3n) is 3.44. The van der Waals surface area contributed by atoms with Crippen LogP contribution in [0.4, 0.5) is 0 Å². The van der Waals surface area contributed by atoms with Crippen molar-refractivity contribution in [2.45, 2.75) is 45.3 Å². The molecule has 1 aliphatic heterocycles. The van der Waals surface area contributed by atoms with Crippen LogP contribution in [0.15, 0.2) is 17.8 Å². The van der Waals surface area contributed by atoms with Crippen LogP contribution in [-0.2, 0) is 23.8 Å². The highest BCUT2D eigenvalue weighted by Gasteiger charge is 2.46. The van der Waals surface area contributed by atoms with Gasteiger partial charge in [-0.3, -0.25) is 9.59 Å². The molecule has 0 bridgehead atoms. The van der Waals surface area contributed by atoms with Crippen molar-refractivity contribution >= 4 is 11.9 Å². The van der Waals surface area contributed by atoms with Crippen LogP contribution in [-0.4, -0.2) is 49.6 Å². The molecule has 0 spiro atoms. The summed E-state index contributed by atoms with van der Waals surface area (Å²) in [7, 11) is 0. The lowest BCUT2D eigenvalue weighted by Gasteiger charge is -2.44. The second kappa shape index (κ2) is 9.14. The molecule has 9 heteroatoms. The molecule has 1 fully saturated rings. The van der Waals surface area contributed by atoms with Crippen LogP contribution in [0.2, 0.25) is 0 Å². The minimum atomic E-state index is -0.851. The number of carbonyl (C=O) groups excluding carboxylic acids is 2. The quantitative estimate of drug-likeness (QED) is 0.248. The molecule has 0 radical (unpaired) electrons. The molecule has 0 aromatic heterocycles. The van der Waals surface area contributed by atoms with Gasteiger partial charge in [0.25, 0.3) is 0 Å². The third kappa shape index (κ3) is 5.55. The maximum absolute atomic E-state index is 11.5. The monoisotopic (exact) mass is 326 g/mol. The van der Waals surface area contributed by atoms with Gasteiger partial charge in [0.05, 0.1) is 19.3 Å². The molecule has 1 amide bonds. The van der Waals surface area contributed by atoms with Gasteiger partial charge < -0.3 is 19.5 Å².